The van der Waals surface area contributed by atoms with Crippen LogP contribution in [0.3, 0.4) is 0 Å². The summed E-state index contributed by atoms with van der Waals surface area (Å²) in [5.41, 5.74) is 0.703. The molecule has 0 bridgehead atoms. The Labute approximate surface area is 110 Å². The van der Waals surface area contributed by atoms with Gasteiger partial charge in [0.15, 0.2) is 5.75 Å². The van der Waals surface area contributed by atoms with Gasteiger partial charge in [-0.25, -0.2) is 4.79 Å². The van der Waals surface area contributed by atoms with Gasteiger partial charge in [0.2, 0.25) is 0 Å². The van der Waals surface area contributed by atoms with Crippen LogP contribution < -0.4 is 4.74 Å². The molecule has 17 heavy (non-hydrogen) atoms. The molecule has 0 unspecified atom stereocenters. The fourth-order valence-electron chi connectivity index (χ4n) is 1.23. The Bertz CT molecular complexity index is 418. The van der Waals surface area contributed by atoms with Crippen molar-refractivity contribution in [2.75, 3.05) is 13.7 Å². The van der Waals surface area contributed by atoms with E-state index in [0.29, 0.717) is 28.0 Å². The van der Waals surface area contributed by atoms with Crippen LogP contribution in [-0.2, 0) is 9.53 Å². The average molecular weight is 275 g/mol. The number of benzene rings is 1. The molecule has 1 aromatic carbocycles. The second kappa shape index (κ2) is 6.52. The molecular formula is C12H12Cl2O3. The van der Waals surface area contributed by atoms with E-state index in [0.717, 1.165) is 0 Å². The zero-order valence-corrected chi connectivity index (χ0v) is 11.0. The summed E-state index contributed by atoms with van der Waals surface area (Å²) in [5, 5.41) is 0.784. The number of halogens is 2. The summed E-state index contributed by atoms with van der Waals surface area (Å²) in [4.78, 5) is 11.1. The fraction of sp³-hybridized carbons (Fsp3) is 0.250. The summed E-state index contributed by atoms with van der Waals surface area (Å²) < 4.78 is 9.77. The maximum absolute atomic E-state index is 11.1. The summed E-state index contributed by atoms with van der Waals surface area (Å²) in [5.74, 6) is 0.0113. The van der Waals surface area contributed by atoms with E-state index >= 15 is 0 Å². The molecule has 0 amide bonds. The van der Waals surface area contributed by atoms with E-state index in [1.54, 1.807) is 25.1 Å². The van der Waals surface area contributed by atoms with E-state index in [1.807, 2.05) is 0 Å². The summed E-state index contributed by atoms with van der Waals surface area (Å²) in [6.45, 7) is 2.08. The second-order valence-corrected chi connectivity index (χ2v) is 3.92. The van der Waals surface area contributed by atoms with Gasteiger partial charge in [-0.15, -0.1) is 0 Å². The standard InChI is InChI=1S/C12H12Cl2O3/c1-3-17-11(15)5-4-8-6-9(13)12(16-2)10(14)7-8/h4-7H,3H2,1-2H3. The lowest BCUT2D eigenvalue weighted by atomic mass is 10.2. The Balaban J connectivity index is 2.90. The third kappa shape index (κ3) is 3.95. The van der Waals surface area contributed by atoms with Crippen molar-refractivity contribution in [3.05, 3.63) is 33.8 Å². The van der Waals surface area contributed by atoms with Crippen LogP contribution in [0.5, 0.6) is 5.75 Å². The maximum atomic E-state index is 11.1. The molecule has 0 aliphatic heterocycles. The molecule has 0 aromatic heterocycles. The van der Waals surface area contributed by atoms with Gasteiger partial charge in [-0.05, 0) is 30.7 Å². The van der Waals surface area contributed by atoms with Crippen LogP contribution in [0.15, 0.2) is 18.2 Å². The third-order valence-electron chi connectivity index (χ3n) is 1.92. The molecule has 3 nitrogen and oxygen atoms in total. The van der Waals surface area contributed by atoms with Crippen LogP contribution in [0.25, 0.3) is 6.08 Å². The highest BCUT2D eigenvalue weighted by Crippen LogP contribution is 2.34. The van der Waals surface area contributed by atoms with Crippen molar-refractivity contribution in [1.29, 1.82) is 0 Å². The number of methoxy groups -OCH3 is 1. The Morgan fingerprint density at radius 1 is 1.35 bits per heavy atom. The second-order valence-electron chi connectivity index (χ2n) is 3.10. The van der Waals surface area contributed by atoms with Crippen molar-refractivity contribution in [2.45, 2.75) is 6.92 Å². The normalized spacial score (nSPS) is 10.6. The van der Waals surface area contributed by atoms with Gasteiger partial charge in [0, 0.05) is 6.08 Å². The summed E-state index contributed by atoms with van der Waals surface area (Å²) in [6, 6.07) is 3.31. The minimum atomic E-state index is -0.407. The number of ether oxygens (including phenoxy) is 2. The number of hydrogen-bond acceptors (Lipinski definition) is 3. The zero-order chi connectivity index (χ0) is 12.8. The minimum Gasteiger partial charge on any atom is -0.494 e. The molecule has 0 atom stereocenters. The van der Waals surface area contributed by atoms with E-state index in [2.05, 4.69) is 0 Å². The number of carbonyl (C=O) groups excluding carboxylic acids is 1. The molecule has 92 valence electrons. The van der Waals surface area contributed by atoms with Crippen molar-refractivity contribution in [1.82, 2.24) is 0 Å². The molecular weight excluding hydrogens is 263 g/mol. The lowest BCUT2D eigenvalue weighted by Gasteiger charge is -2.06. The Hall–Kier alpha value is -1.19. The van der Waals surface area contributed by atoms with Crippen LogP contribution in [0.4, 0.5) is 0 Å². The topological polar surface area (TPSA) is 35.5 Å². The lowest BCUT2D eigenvalue weighted by Crippen LogP contribution is -1.98. The monoisotopic (exact) mass is 274 g/mol. The minimum absolute atomic E-state index is 0.341. The van der Waals surface area contributed by atoms with Gasteiger partial charge in [-0.2, -0.15) is 0 Å². The fourth-order valence-corrected chi connectivity index (χ4v) is 1.88. The molecule has 0 N–H and O–H groups in total. The van der Waals surface area contributed by atoms with Crippen LogP contribution in [0, 0.1) is 0 Å². The van der Waals surface area contributed by atoms with Crippen LogP contribution >= 0.6 is 23.2 Å². The van der Waals surface area contributed by atoms with Gasteiger partial charge in [-0.3, -0.25) is 0 Å². The summed E-state index contributed by atoms with van der Waals surface area (Å²) in [7, 11) is 1.49. The highest BCUT2D eigenvalue weighted by Gasteiger charge is 2.07. The molecule has 0 spiro atoms. The zero-order valence-electron chi connectivity index (χ0n) is 9.50. The highest BCUT2D eigenvalue weighted by molar-refractivity contribution is 6.37. The quantitative estimate of drug-likeness (QED) is 0.622. The number of esters is 1. The summed E-state index contributed by atoms with van der Waals surface area (Å²) in [6.07, 6.45) is 2.90. The molecule has 0 saturated carbocycles. The molecule has 1 aromatic rings. The third-order valence-corrected chi connectivity index (χ3v) is 2.48. The number of rotatable bonds is 4. The smallest absolute Gasteiger partial charge is 0.330 e. The molecule has 5 heteroatoms. The van der Waals surface area contributed by atoms with Crippen LogP contribution in [0.1, 0.15) is 12.5 Å². The summed E-state index contributed by atoms with van der Waals surface area (Å²) >= 11 is 11.9. The van der Waals surface area contributed by atoms with E-state index in [9.17, 15) is 4.79 Å². The first-order valence-electron chi connectivity index (χ1n) is 4.96. The Kier molecular flexibility index (Phi) is 5.32. The van der Waals surface area contributed by atoms with Gasteiger partial charge >= 0.3 is 5.97 Å². The van der Waals surface area contributed by atoms with Gasteiger partial charge < -0.3 is 9.47 Å². The number of carbonyl (C=O) groups is 1. The van der Waals surface area contributed by atoms with Gasteiger partial charge in [0.25, 0.3) is 0 Å². The van der Waals surface area contributed by atoms with Gasteiger partial charge in [0.05, 0.1) is 23.8 Å². The molecule has 1 rings (SSSR count). The SMILES string of the molecule is CCOC(=O)C=Cc1cc(Cl)c(OC)c(Cl)c1. The van der Waals surface area contributed by atoms with Crippen molar-refractivity contribution >= 4 is 35.2 Å². The van der Waals surface area contributed by atoms with E-state index in [4.69, 9.17) is 32.7 Å². The first kappa shape index (κ1) is 13.9. The molecule has 0 aliphatic carbocycles. The van der Waals surface area contributed by atoms with Crippen LogP contribution in [0.2, 0.25) is 10.0 Å². The van der Waals surface area contributed by atoms with Gasteiger partial charge in [-0.1, -0.05) is 23.2 Å². The molecule has 0 aliphatic rings. The van der Waals surface area contributed by atoms with Crippen LogP contribution in [-0.4, -0.2) is 19.7 Å². The first-order chi connectivity index (χ1) is 8.08. The molecule has 0 fully saturated rings. The highest BCUT2D eigenvalue weighted by atomic mass is 35.5. The van der Waals surface area contributed by atoms with Crippen molar-refractivity contribution in [2.24, 2.45) is 0 Å². The molecule has 0 radical (unpaired) electrons. The van der Waals surface area contributed by atoms with Crippen molar-refractivity contribution in [3.63, 3.8) is 0 Å². The van der Waals surface area contributed by atoms with E-state index in [1.165, 1.54) is 13.2 Å². The maximum Gasteiger partial charge on any atom is 0.330 e. The first-order valence-corrected chi connectivity index (χ1v) is 5.72. The Morgan fingerprint density at radius 2 is 1.94 bits per heavy atom. The number of hydrogen-bond donors (Lipinski definition) is 0. The van der Waals surface area contributed by atoms with E-state index < -0.39 is 5.97 Å². The molecule has 0 saturated heterocycles. The lowest BCUT2D eigenvalue weighted by molar-refractivity contribution is -0.137. The van der Waals surface area contributed by atoms with Crippen molar-refractivity contribution in [3.8, 4) is 5.75 Å². The Morgan fingerprint density at radius 3 is 2.41 bits per heavy atom. The average Bonchev–Trinajstić information content (AvgIpc) is 2.26. The largest absolute Gasteiger partial charge is 0.494 e. The molecule has 0 heterocycles. The van der Waals surface area contributed by atoms with Crippen molar-refractivity contribution < 1.29 is 14.3 Å². The predicted octanol–water partition coefficient (Wildman–Crippen LogP) is 3.58. The predicted molar refractivity (Wildman–Crippen MR) is 68.7 cm³/mol. The van der Waals surface area contributed by atoms with Gasteiger partial charge in [0.1, 0.15) is 0 Å². The van der Waals surface area contributed by atoms with E-state index in [-0.39, 0.29) is 0 Å².